The Morgan fingerprint density at radius 3 is 2.00 bits per heavy atom. The maximum Gasteiger partial charge on any atom is 0.321 e. The highest BCUT2D eigenvalue weighted by atomic mass is 35.5. The summed E-state index contributed by atoms with van der Waals surface area (Å²) in [6.45, 7) is 2.03. The minimum atomic E-state index is -0.167. The van der Waals surface area contributed by atoms with E-state index in [-0.39, 0.29) is 11.9 Å². The van der Waals surface area contributed by atoms with Gasteiger partial charge in [-0.2, -0.15) is 0 Å². The van der Waals surface area contributed by atoms with E-state index in [4.69, 9.17) is 11.6 Å². The van der Waals surface area contributed by atoms with Crippen LogP contribution < -0.4 is 10.2 Å². The molecule has 3 amide bonds. The van der Waals surface area contributed by atoms with Crippen LogP contribution in [0, 0.1) is 0 Å². The second kappa shape index (κ2) is 8.31. The van der Waals surface area contributed by atoms with Gasteiger partial charge in [-0.1, -0.05) is 11.6 Å². The van der Waals surface area contributed by atoms with Gasteiger partial charge in [0.15, 0.2) is 0 Å². The lowest BCUT2D eigenvalue weighted by molar-refractivity contribution is 0.0671. The smallest absolute Gasteiger partial charge is 0.321 e. The first-order chi connectivity index (χ1) is 12.9. The Labute approximate surface area is 164 Å². The summed E-state index contributed by atoms with van der Waals surface area (Å²) in [4.78, 5) is 30.5. The van der Waals surface area contributed by atoms with Gasteiger partial charge in [0, 0.05) is 62.2 Å². The summed E-state index contributed by atoms with van der Waals surface area (Å²) in [5.74, 6) is -0.00179. The Morgan fingerprint density at radius 1 is 0.889 bits per heavy atom. The molecule has 0 atom stereocenters. The molecule has 0 spiro atoms. The van der Waals surface area contributed by atoms with E-state index in [1.165, 1.54) is 0 Å². The highest BCUT2D eigenvalue weighted by Gasteiger charge is 2.25. The van der Waals surface area contributed by atoms with Crippen LogP contribution in [-0.4, -0.2) is 62.0 Å². The maximum atomic E-state index is 12.7. The van der Waals surface area contributed by atoms with Crippen LogP contribution in [0.3, 0.4) is 0 Å². The van der Waals surface area contributed by atoms with Gasteiger partial charge < -0.3 is 20.0 Å². The summed E-state index contributed by atoms with van der Waals surface area (Å²) < 4.78 is 0. The van der Waals surface area contributed by atoms with Crippen LogP contribution in [0.25, 0.3) is 0 Å². The Morgan fingerprint density at radius 2 is 1.44 bits per heavy atom. The molecular weight excluding hydrogens is 364 g/mol. The van der Waals surface area contributed by atoms with Gasteiger partial charge in [-0.15, -0.1) is 0 Å². The Balaban J connectivity index is 1.54. The molecule has 1 fully saturated rings. The highest BCUT2D eigenvalue weighted by Crippen LogP contribution is 2.16. The van der Waals surface area contributed by atoms with Gasteiger partial charge in [0.2, 0.25) is 0 Å². The third kappa shape index (κ3) is 4.71. The summed E-state index contributed by atoms with van der Waals surface area (Å²) in [5.41, 5.74) is 2.42. The largest absolute Gasteiger partial charge is 0.378 e. The van der Waals surface area contributed by atoms with Crippen LogP contribution >= 0.6 is 11.6 Å². The van der Waals surface area contributed by atoms with Gasteiger partial charge in [-0.25, -0.2) is 4.79 Å². The number of benzene rings is 2. The van der Waals surface area contributed by atoms with E-state index in [0.717, 1.165) is 5.69 Å². The van der Waals surface area contributed by atoms with Crippen LogP contribution in [0.2, 0.25) is 5.02 Å². The van der Waals surface area contributed by atoms with Crippen molar-refractivity contribution in [2.24, 2.45) is 0 Å². The molecule has 1 aliphatic rings. The second-order valence-electron chi connectivity index (χ2n) is 6.66. The van der Waals surface area contributed by atoms with E-state index in [0.29, 0.717) is 42.5 Å². The minimum Gasteiger partial charge on any atom is -0.378 e. The number of anilines is 2. The van der Waals surface area contributed by atoms with Crippen LogP contribution in [-0.2, 0) is 0 Å². The lowest BCUT2D eigenvalue weighted by Gasteiger charge is -2.34. The third-order valence-electron chi connectivity index (χ3n) is 4.58. The van der Waals surface area contributed by atoms with Crippen molar-refractivity contribution in [1.29, 1.82) is 0 Å². The molecule has 27 heavy (non-hydrogen) atoms. The van der Waals surface area contributed by atoms with Crippen molar-refractivity contribution in [2.75, 3.05) is 50.5 Å². The lowest BCUT2D eigenvalue weighted by Crippen LogP contribution is -2.51. The summed E-state index contributed by atoms with van der Waals surface area (Å²) >= 11 is 5.85. The number of hydrogen-bond acceptors (Lipinski definition) is 3. The molecule has 1 saturated heterocycles. The SMILES string of the molecule is CN(C)c1ccc(C(=O)N2CCN(C(=O)Nc3ccc(Cl)cc3)CC2)cc1. The number of urea groups is 1. The second-order valence-corrected chi connectivity index (χ2v) is 7.09. The van der Waals surface area contributed by atoms with E-state index in [2.05, 4.69) is 5.32 Å². The Kier molecular flexibility index (Phi) is 5.86. The first-order valence-corrected chi connectivity index (χ1v) is 9.20. The van der Waals surface area contributed by atoms with E-state index in [1.807, 2.05) is 43.3 Å². The molecule has 1 N–H and O–H groups in total. The van der Waals surface area contributed by atoms with Gasteiger partial charge >= 0.3 is 6.03 Å². The van der Waals surface area contributed by atoms with Gasteiger partial charge in [0.1, 0.15) is 0 Å². The molecule has 1 heterocycles. The van der Waals surface area contributed by atoms with Crippen molar-refractivity contribution < 1.29 is 9.59 Å². The first kappa shape index (κ1) is 19.0. The average molecular weight is 387 g/mol. The van der Waals surface area contributed by atoms with Crippen molar-refractivity contribution >= 4 is 34.9 Å². The number of hydrogen-bond donors (Lipinski definition) is 1. The molecule has 6 nitrogen and oxygen atoms in total. The predicted octanol–water partition coefficient (Wildman–Crippen LogP) is 3.40. The number of rotatable bonds is 3. The molecular formula is C20H23ClN4O2. The van der Waals surface area contributed by atoms with Gasteiger partial charge in [0.25, 0.3) is 5.91 Å². The molecule has 0 radical (unpaired) electrons. The standard InChI is InChI=1S/C20H23ClN4O2/c1-23(2)18-9-3-15(4-10-18)19(26)24-11-13-25(14-12-24)20(27)22-17-7-5-16(21)6-8-17/h3-10H,11-14H2,1-2H3,(H,22,27). The zero-order chi connectivity index (χ0) is 19.4. The van der Waals surface area contributed by atoms with E-state index >= 15 is 0 Å². The topological polar surface area (TPSA) is 55.9 Å². The van der Waals surface area contributed by atoms with Crippen molar-refractivity contribution in [3.63, 3.8) is 0 Å². The number of amides is 3. The van der Waals surface area contributed by atoms with Crippen molar-refractivity contribution in [3.05, 3.63) is 59.1 Å². The van der Waals surface area contributed by atoms with Crippen molar-refractivity contribution in [3.8, 4) is 0 Å². The zero-order valence-corrected chi connectivity index (χ0v) is 16.2. The molecule has 0 aromatic heterocycles. The quantitative estimate of drug-likeness (QED) is 0.879. The molecule has 1 aliphatic heterocycles. The molecule has 2 aromatic rings. The fourth-order valence-electron chi connectivity index (χ4n) is 2.93. The van der Waals surface area contributed by atoms with Crippen LogP contribution in [0.5, 0.6) is 0 Å². The lowest BCUT2D eigenvalue weighted by atomic mass is 10.1. The minimum absolute atomic E-state index is 0.00179. The molecule has 142 valence electrons. The fraction of sp³-hybridized carbons (Fsp3) is 0.300. The summed E-state index contributed by atoms with van der Waals surface area (Å²) in [6, 6.07) is 14.4. The molecule has 0 saturated carbocycles. The number of carbonyl (C=O) groups is 2. The molecule has 2 aromatic carbocycles. The number of nitrogens with zero attached hydrogens (tertiary/aromatic N) is 3. The Bertz CT molecular complexity index is 798. The highest BCUT2D eigenvalue weighted by molar-refractivity contribution is 6.30. The molecule has 7 heteroatoms. The van der Waals surface area contributed by atoms with Crippen molar-refractivity contribution in [2.45, 2.75) is 0 Å². The first-order valence-electron chi connectivity index (χ1n) is 8.82. The summed E-state index contributed by atoms with van der Waals surface area (Å²) in [7, 11) is 3.93. The molecule has 0 bridgehead atoms. The number of piperazine rings is 1. The van der Waals surface area contributed by atoms with Crippen LogP contribution in [0.15, 0.2) is 48.5 Å². The van der Waals surface area contributed by atoms with Gasteiger partial charge in [0.05, 0.1) is 0 Å². The van der Waals surface area contributed by atoms with E-state index in [1.54, 1.807) is 34.1 Å². The zero-order valence-electron chi connectivity index (χ0n) is 15.5. The average Bonchev–Trinajstić information content (AvgIpc) is 2.69. The normalized spacial score (nSPS) is 14.0. The molecule has 0 aliphatic carbocycles. The predicted molar refractivity (Wildman–Crippen MR) is 109 cm³/mol. The van der Waals surface area contributed by atoms with E-state index in [9.17, 15) is 9.59 Å². The van der Waals surface area contributed by atoms with Gasteiger partial charge in [-0.05, 0) is 48.5 Å². The Hall–Kier alpha value is -2.73. The summed E-state index contributed by atoms with van der Waals surface area (Å²) in [5, 5.41) is 3.48. The van der Waals surface area contributed by atoms with Crippen molar-refractivity contribution in [1.82, 2.24) is 9.80 Å². The number of nitrogens with one attached hydrogen (secondary N) is 1. The van der Waals surface area contributed by atoms with Crippen LogP contribution in [0.4, 0.5) is 16.2 Å². The van der Waals surface area contributed by atoms with E-state index < -0.39 is 0 Å². The van der Waals surface area contributed by atoms with Gasteiger partial charge in [-0.3, -0.25) is 4.79 Å². The number of halogens is 1. The fourth-order valence-corrected chi connectivity index (χ4v) is 3.06. The summed E-state index contributed by atoms with van der Waals surface area (Å²) in [6.07, 6.45) is 0. The number of carbonyl (C=O) groups excluding carboxylic acids is 2. The monoisotopic (exact) mass is 386 g/mol. The molecule has 3 rings (SSSR count). The third-order valence-corrected chi connectivity index (χ3v) is 4.83. The van der Waals surface area contributed by atoms with Crippen LogP contribution in [0.1, 0.15) is 10.4 Å². The molecule has 0 unspecified atom stereocenters. The maximum absolute atomic E-state index is 12.7.